The van der Waals surface area contributed by atoms with Gasteiger partial charge in [-0.05, 0) is 42.8 Å². The van der Waals surface area contributed by atoms with E-state index in [1.54, 1.807) is 31.4 Å². The van der Waals surface area contributed by atoms with Crippen molar-refractivity contribution in [3.8, 4) is 22.9 Å². The molecular weight excluding hydrogens is 426 g/mol. The van der Waals surface area contributed by atoms with Gasteiger partial charge in [0, 0.05) is 10.0 Å². The zero-order valence-electron chi connectivity index (χ0n) is 15.5. The Labute approximate surface area is 171 Å². The Balaban J connectivity index is 1.57. The van der Waals surface area contributed by atoms with Crippen molar-refractivity contribution < 1.29 is 18.8 Å². The molecule has 2 aromatic carbocycles. The van der Waals surface area contributed by atoms with Crippen LogP contribution in [-0.4, -0.2) is 29.3 Å². The van der Waals surface area contributed by atoms with E-state index in [2.05, 4.69) is 31.4 Å². The van der Waals surface area contributed by atoms with Gasteiger partial charge in [-0.3, -0.25) is 4.79 Å². The van der Waals surface area contributed by atoms with Gasteiger partial charge in [-0.25, -0.2) is 0 Å². The molecule has 0 aliphatic heterocycles. The van der Waals surface area contributed by atoms with Crippen LogP contribution in [0.25, 0.3) is 11.4 Å². The van der Waals surface area contributed by atoms with Crippen LogP contribution in [0.3, 0.4) is 0 Å². The molecule has 28 heavy (non-hydrogen) atoms. The van der Waals surface area contributed by atoms with E-state index in [0.717, 1.165) is 15.8 Å². The van der Waals surface area contributed by atoms with Gasteiger partial charge in [-0.1, -0.05) is 40.1 Å². The number of aromatic nitrogens is 2. The Morgan fingerprint density at radius 2 is 1.96 bits per heavy atom. The van der Waals surface area contributed by atoms with Crippen LogP contribution >= 0.6 is 15.9 Å². The van der Waals surface area contributed by atoms with Crippen molar-refractivity contribution in [3.05, 3.63) is 58.9 Å². The van der Waals surface area contributed by atoms with E-state index in [1.165, 1.54) is 0 Å². The van der Waals surface area contributed by atoms with Crippen molar-refractivity contribution in [1.82, 2.24) is 15.5 Å². The Bertz CT molecular complexity index is 927. The van der Waals surface area contributed by atoms with Crippen LogP contribution < -0.4 is 14.8 Å². The summed E-state index contributed by atoms with van der Waals surface area (Å²) in [4.78, 5) is 16.8. The molecule has 1 atom stereocenters. The number of hydrogen-bond donors (Lipinski definition) is 1. The number of carbonyl (C=O) groups excluding carboxylic acids is 1. The maximum absolute atomic E-state index is 12.4. The molecule has 146 valence electrons. The van der Waals surface area contributed by atoms with E-state index in [4.69, 9.17) is 14.0 Å². The molecular formula is C20H20BrN3O4. The molecule has 1 amide bonds. The standard InChI is InChI=1S/C20H20BrN3O4/c1-3-17(27-16-9-7-15(26-2)8-10-16)20(25)22-12-18-23-19(24-28-18)13-5-4-6-14(21)11-13/h4-11,17H,3,12H2,1-2H3,(H,22,25)/t17-/m1/s1. The number of hydrogen-bond acceptors (Lipinski definition) is 6. The number of nitrogens with zero attached hydrogens (tertiary/aromatic N) is 2. The molecule has 8 heteroatoms. The second-order valence-electron chi connectivity index (χ2n) is 5.93. The van der Waals surface area contributed by atoms with Crippen LogP contribution in [0.4, 0.5) is 0 Å². The number of carbonyl (C=O) groups is 1. The molecule has 0 radical (unpaired) electrons. The highest BCUT2D eigenvalue weighted by molar-refractivity contribution is 9.10. The molecule has 0 aliphatic carbocycles. The summed E-state index contributed by atoms with van der Waals surface area (Å²) in [5.74, 6) is 1.86. The predicted molar refractivity (Wildman–Crippen MR) is 107 cm³/mol. The number of ether oxygens (including phenoxy) is 2. The summed E-state index contributed by atoms with van der Waals surface area (Å²) in [5, 5.41) is 6.73. The molecule has 3 aromatic rings. The first-order valence-corrected chi connectivity index (χ1v) is 9.55. The number of rotatable bonds is 8. The summed E-state index contributed by atoms with van der Waals surface area (Å²) < 4.78 is 17.0. The summed E-state index contributed by atoms with van der Waals surface area (Å²) in [6.07, 6.45) is -0.105. The second kappa shape index (κ2) is 9.36. The van der Waals surface area contributed by atoms with Crippen molar-refractivity contribution in [2.24, 2.45) is 0 Å². The van der Waals surface area contributed by atoms with E-state index in [-0.39, 0.29) is 12.5 Å². The third-order valence-corrected chi connectivity index (χ3v) is 4.46. The zero-order valence-corrected chi connectivity index (χ0v) is 17.1. The molecule has 0 unspecified atom stereocenters. The molecule has 0 saturated heterocycles. The maximum Gasteiger partial charge on any atom is 0.261 e. The minimum absolute atomic E-state index is 0.127. The van der Waals surface area contributed by atoms with Gasteiger partial charge in [0.2, 0.25) is 11.7 Å². The van der Waals surface area contributed by atoms with Gasteiger partial charge < -0.3 is 19.3 Å². The van der Waals surface area contributed by atoms with Crippen molar-refractivity contribution in [3.63, 3.8) is 0 Å². The third-order valence-electron chi connectivity index (χ3n) is 3.97. The number of nitrogens with one attached hydrogen (secondary N) is 1. The van der Waals surface area contributed by atoms with Gasteiger partial charge in [-0.15, -0.1) is 0 Å². The first-order valence-electron chi connectivity index (χ1n) is 8.76. The minimum Gasteiger partial charge on any atom is -0.497 e. The molecule has 1 N–H and O–H groups in total. The number of benzene rings is 2. The van der Waals surface area contributed by atoms with Crippen LogP contribution in [0.15, 0.2) is 57.5 Å². The Morgan fingerprint density at radius 1 is 1.21 bits per heavy atom. The summed E-state index contributed by atoms with van der Waals surface area (Å²) in [7, 11) is 1.59. The molecule has 0 fully saturated rings. The van der Waals surface area contributed by atoms with Crippen molar-refractivity contribution in [2.45, 2.75) is 26.0 Å². The largest absolute Gasteiger partial charge is 0.497 e. The Hall–Kier alpha value is -2.87. The van der Waals surface area contributed by atoms with Crippen LogP contribution in [0.2, 0.25) is 0 Å². The summed E-state index contributed by atoms with van der Waals surface area (Å²) >= 11 is 3.41. The summed E-state index contributed by atoms with van der Waals surface area (Å²) in [6, 6.07) is 14.7. The molecule has 1 heterocycles. The van der Waals surface area contributed by atoms with E-state index in [9.17, 15) is 4.79 Å². The average molecular weight is 446 g/mol. The third kappa shape index (κ3) is 5.10. The molecule has 0 aliphatic rings. The summed E-state index contributed by atoms with van der Waals surface area (Å²) in [5.41, 5.74) is 0.824. The van der Waals surface area contributed by atoms with Gasteiger partial charge in [0.05, 0.1) is 13.7 Å². The Morgan fingerprint density at radius 3 is 2.64 bits per heavy atom. The van der Waals surface area contributed by atoms with E-state index in [1.807, 2.05) is 31.2 Å². The first kappa shape index (κ1) is 19.9. The first-order chi connectivity index (χ1) is 13.6. The highest BCUT2D eigenvalue weighted by atomic mass is 79.9. The van der Waals surface area contributed by atoms with Gasteiger partial charge in [0.25, 0.3) is 5.91 Å². The van der Waals surface area contributed by atoms with Crippen LogP contribution in [0.1, 0.15) is 19.2 Å². The quantitative estimate of drug-likeness (QED) is 0.564. The fourth-order valence-corrected chi connectivity index (χ4v) is 2.89. The molecule has 0 bridgehead atoms. The Kier molecular flexibility index (Phi) is 6.65. The van der Waals surface area contributed by atoms with E-state index < -0.39 is 6.10 Å². The number of halogens is 1. The molecule has 0 spiro atoms. The van der Waals surface area contributed by atoms with Crippen molar-refractivity contribution >= 4 is 21.8 Å². The molecule has 0 saturated carbocycles. The molecule has 7 nitrogen and oxygen atoms in total. The van der Waals surface area contributed by atoms with Crippen LogP contribution in [0.5, 0.6) is 11.5 Å². The monoisotopic (exact) mass is 445 g/mol. The van der Waals surface area contributed by atoms with Gasteiger partial charge in [0.1, 0.15) is 11.5 Å². The minimum atomic E-state index is -0.624. The molecule has 1 aromatic heterocycles. The van der Waals surface area contributed by atoms with Crippen LogP contribution in [0, 0.1) is 0 Å². The summed E-state index contributed by atoms with van der Waals surface area (Å²) in [6.45, 7) is 2.01. The van der Waals surface area contributed by atoms with Crippen molar-refractivity contribution in [1.29, 1.82) is 0 Å². The zero-order chi connectivity index (χ0) is 19.9. The van der Waals surface area contributed by atoms with Gasteiger partial charge in [-0.2, -0.15) is 4.98 Å². The van der Waals surface area contributed by atoms with Gasteiger partial charge >= 0.3 is 0 Å². The smallest absolute Gasteiger partial charge is 0.261 e. The topological polar surface area (TPSA) is 86.5 Å². The van der Waals surface area contributed by atoms with E-state index >= 15 is 0 Å². The van der Waals surface area contributed by atoms with Gasteiger partial charge in [0.15, 0.2) is 6.10 Å². The lowest BCUT2D eigenvalue weighted by Crippen LogP contribution is -2.37. The lowest BCUT2D eigenvalue weighted by Gasteiger charge is -2.16. The van der Waals surface area contributed by atoms with E-state index in [0.29, 0.717) is 23.9 Å². The second-order valence-corrected chi connectivity index (χ2v) is 6.85. The lowest BCUT2D eigenvalue weighted by molar-refractivity contribution is -0.128. The molecule has 3 rings (SSSR count). The fraction of sp³-hybridized carbons (Fsp3) is 0.250. The fourth-order valence-electron chi connectivity index (χ4n) is 2.49. The number of methoxy groups -OCH3 is 1. The normalized spacial score (nSPS) is 11.7. The maximum atomic E-state index is 12.4. The SMILES string of the molecule is CC[C@@H](Oc1ccc(OC)cc1)C(=O)NCc1nc(-c2cccc(Br)c2)no1. The van der Waals surface area contributed by atoms with Crippen molar-refractivity contribution in [2.75, 3.05) is 7.11 Å². The predicted octanol–water partition coefficient (Wildman–Crippen LogP) is 3.98. The lowest BCUT2D eigenvalue weighted by atomic mass is 10.2. The average Bonchev–Trinajstić information content (AvgIpc) is 3.20. The highest BCUT2D eigenvalue weighted by Gasteiger charge is 2.19. The van der Waals surface area contributed by atoms with Crippen LogP contribution in [-0.2, 0) is 11.3 Å². The number of amides is 1. The highest BCUT2D eigenvalue weighted by Crippen LogP contribution is 2.21.